The zero-order valence-corrected chi connectivity index (χ0v) is 14.9. The minimum Gasteiger partial charge on any atom is -0.377 e. The summed E-state index contributed by atoms with van der Waals surface area (Å²) in [7, 11) is 4.03. The van der Waals surface area contributed by atoms with Gasteiger partial charge in [-0.1, -0.05) is 13.8 Å². The molecule has 6 nitrogen and oxygen atoms in total. The van der Waals surface area contributed by atoms with Crippen molar-refractivity contribution in [3.05, 3.63) is 18.0 Å². The van der Waals surface area contributed by atoms with Crippen LogP contribution in [0.3, 0.4) is 0 Å². The highest BCUT2D eigenvalue weighted by molar-refractivity contribution is 5.80. The fourth-order valence-electron chi connectivity index (χ4n) is 4.08. The van der Waals surface area contributed by atoms with Crippen LogP contribution in [0.4, 0.5) is 0 Å². The first-order valence-corrected chi connectivity index (χ1v) is 8.54. The zero-order chi connectivity index (χ0) is 16.6. The number of hydrogen-bond acceptors (Lipinski definition) is 3. The molecular weight excluding hydrogens is 290 g/mol. The maximum absolute atomic E-state index is 5.89. The van der Waals surface area contributed by atoms with E-state index in [0.29, 0.717) is 18.1 Å². The van der Waals surface area contributed by atoms with Gasteiger partial charge in [0.15, 0.2) is 5.96 Å². The van der Waals surface area contributed by atoms with Crippen molar-refractivity contribution in [1.29, 1.82) is 0 Å². The summed E-state index contributed by atoms with van der Waals surface area (Å²) in [6, 6.07) is 0.427. The molecule has 1 aliphatic heterocycles. The molecule has 0 radical (unpaired) electrons. The Kier molecular flexibility index (Phi) is 4.36. The number of fused-ring (bicyclic) bond motifs is 1. The van der Waals surface area contributed by atoms with Crippen molar-refractivity contribution in [3.63, 3.8) is 0 Å². The molecule has 3 rings (SSSR count). The summed E-state index contributed by atoms with van der Waals surface area (Å²) in [5, 5.41) is 7.95. The molecule has 2 heterocycles. The van der Waals surface area contributed by atoms with Crippen LogP contribution in [0.1, 0.15) is 32.8 Å². The highest BCUT2D eigenvalue weighted by Crippen LogP contribution is 2.52. The van der Waals surface area contributed by atoms with Crippen molar-refractivity contribution in [3.8, 4) is 0 Å². The number of guanidine groups is 1. The lowest BCUT2D eigenvalue weighted by atomic mass is 9.57. The van der Waals surface area contributed by atoms with Gasteiger partial charge in [-0.3, -0.25) is 9.67 Å². The first-order valence-electron chi connectivity index (χ1n) is 8.54. The van der Waals surface area contributed by atoms with E-state index in [4.69, 9.17) is 9.73 Å². The van der Waals surface area contributed by atoms with Gasteiger partial charge < -0.3 is 15.0 Å². The van der Waals surface area contributed by atoms with Gasteiger partial charge in [0.05, 0.1) is 12.3 Å². The lowest BCUT2D eigenvalue weighted by Gasteiger charge is -2.55. The van der Waals surface area contributed by atoms with Gasteiger partial charge in [0.25, 0.3) is 0 Å². The van der Waals surface area contributed by atoms with Gasteiger partial charge in [0, 0.05) is 62.9 Å². The molecule has 2 fully saturated rings. The molecule has 23 heavy (non-hydrogen) atoms. The van der Waals surface area contributed by atoms with Crippen molar-refractivity contribution in [1.82, 2.24) is 20.0 Å². The van der Waals surface area contributed by atoms with Gasteiger partial charge in [0.1, 0.15) is 0 Å². The number of nitrogens with zero attached hydrogens (tertiary/aromatic N) is 4. The molecule has 1 aromatic rings. The second-order valence-corrected chi connectivity index (χ2v) is 7.36. The fraction of sp³-hybridized carbons (Fsp3) is 0.765. The predicted octanol–water partition coefficient (Wildman–Crippen LogP) is 1.63. The van der Waals surface area contributed by atoms with Crippen molar-refractivity contribution < 1.29 is 4.74 Å². The number of hydrogen-bond donors (Lipinski definition) is 1. The van der Waals surface area contributed by atoms with Crippen LogP contribution in [-0.2, 0) is 18.3 Å². The lowest BCUT2D eigenvalue weighted by Crippen LogP contribution is -2.67. The lowest BCUT2D eigenvalue weighted by molar-refractivity contribution is -0.107. The summed E-state index contributed by atoms with van der Waals surface area (Å²) in [5.74, 6) is 1.58. The van der Waals surface area contributed by atoms with E-state index in [9.17, 15) is 0 Å². The number of aromatic nitrogens is 2. The third-order valence-corrected chi connectivity index (χ3v) is 5.23. The highest BCUT2D eigenvalue weighted by Gasteiger charge is 2.59. The van der Waals surface area contributed by atoms with Crippen molar-refractivity contribution in [2.24, 2.45) is 23.4 Å². The Morgan fingerprint density at radius 1 is 1.57 bits per heavy atom. The first-order chi connectivity index (χ1) is 10.9. The van der Waals surface area contributed by atoms with Crippen molar-refractivity contribution >= 4 is 5.96 Å². The number of aliphatic imine (C=N–C) groups is 1. The van der Waals surface area contributed by atoms with Crippen LogP contribution in [0.25, 0.3) is 0 Å². The number of ether oxygens (including phenoxy) is 1. The molecule has 3 atom stereocenters. The molecule has 1 saturated carbocycles. The molecule has 128 valence electrons. The molecule has 1 N–H and O–H groups in total. The van der Waals surface area contributed by atoms with Crippen LogP contribution in [0.2, 0.25) is 0 Å². The van der Waals surface area contributed by atoms with Crippen LogP contribution >= 0.6 is 0 Å². The van der Waals surface area contributed by atoms with Crippen LogP contribution < -0.4 is 5.32 Å². The second-order valence-electron chi connectivity index (χ2n) is 7.36. The average molecular weight is 319 g/mol. The van der Waals surface area contributed by atoms with Crippen molar-refractivity contribution in [2.75, 3.05) is 20.2 Å². The largest absolute Gasteiger partial charge is 0.377 e. The first kappa shape index (κ1) is 16.3. The summed E-state index contributed by atoms with van der Waals surface area (Å²) < 4.78 is 7.73. The van der Waals surface area contributed by atoms with Crippen LogP contribution in [0, 0.1) is 11.3 Å². The van der Waals surface area contributed by atoms with E-state index in [2.05, 4.69) is 43.1 Å². The highest BCUT2D eigenvalue weighted by atomic mass is 16.5. The Labute approximate surface area is 138 Å². The Morgan fingerprint density at radius 3 is 3.00 bits per heavy atom. The second kappa shape index (κ2) is 6.15. The quantitative estimate of drug-likeness (QED) is 0.677. The monoisotopic (exact) mass is 319 g/mol. The van der Waals surface area contributed by atoms with Gasteiger partial charge in [-0.05, 0) is 13.3 Å². The van der Waals surface area contributed by atoms with E-state index < -0.39 is 0 Å². The minimum atomic E-state index is 0.158. The van der Waals surface area contributed by atoms with Crippen LogP contribution in [0.5, 0.6) is 0 Å². The fourth-order valence-corrected chi connectivity index (χ4v) is 4.08. The molecule has 3 unspecified atom stereocenters. The maximum atomic E-state index is 5.89. The van der Waals surface area contributed by atoms with Gasteiger partial charge in [-0.25, -0.2) is 0 Å². The Balaban J connectivity index is 1.68. The normalized spacial score (nSPS) is 29.1. The molecular formula is C17H29N5O. The smallest absolute Gasteiger partial charge is 0.194 e. The van der Waals surface area contributed by atoms with Gasteiger partial charge in [-0.2, -0.15) is 5.10 Å². The van der Waals surface area contributed by atoms with Gasteiger partial charge in [0.2, 0.25) is 0 Å². The summed E-state index contributed by atoms with van der Waals surface area (Å²) in [4.78, 5) is 6.87. The Bertz CT molecular complexity index is 579. The summed E-state index contributed by atoms with van der Waals surface area (Å²) >= 11 is 0. The summed E-state index contributed by atoms with van der Waals surface area (Å²) in [6.45, 7) is 9.13. The van der Waals surface area contributed by atoms with Gasteiger partial charge in [-0.15, -0.1) is 0 Å². The van der Waals surface area contributed by atoms with E-state index in [0.717, 1.165) is 32.1 Å². The predicted molar refractivity (Wildman–Crippen MR) is 91.2 cm³/mol. The summed E-state index contributed by atoms with van der Waals surface area (Å²) in [5.41, 5.74) is 1.35. The number of nitrogens with one attached hydrogen (secondary N) is 1. The minimum absolute atomic E-state index is 0.158. The molecule has 0 bridgehead atoms. The average Bonchev–Trinajstić information content (AvgIpc) is 3.11. The van der Waals surface area contributed by atoms with E-state index >= 15 is 0 Å². The van der Waals surface area contributed by atoms with E-state index in [1.807, 2.05) is 24.1 Å². The summed E-state index contributed by atoms with van der Waals surface area (Å²) in [6.07, 6.45) is 5.51. The number of aryl methyl sites for hydroxylation is 1. The van der Waals surface area contributed by atoms with Crippen LogP contribution in [0.15, 0.2) is 17.4 Å². The maximum Gasteiger partial charge on any atom is 0.194 e. The standard InChI is InChI=1S/C17H29N5O/c1-6-18-16(21(4)10-12-9-19-22(5)11-12)20-14-13-7-8-23-15(13)17(14,2)3/h9,11,13-15H,6-8,10H2,1-5H3,(H,18,20). The topological polar surface area (TPSA) is 54.7 Å². The van der Waals surface area contributed by atoms with Gasteiger partial charge >= 0.3 is 0 Å². The van der Waals surface area contributed by atoms with E-state index in [-0.39, 0.29) is 5.41 Å². The number of rotatable bonds is 4. The zero-order valence-electron chi connectivity index (χ0n) is 14.9. The Hall–Kier alpha value is -1.56. The molecule has 2 aliphatic rings. The van der Waals surface area contributed by atoms with E-state index in [1.165, 1.54) is 5.56 Å². The molecule has 0 spiro atoms. The third-order valence-electron chi connectivity index (χ3n) is 5.23. The third kappa shape index (κ3) is 2.96. The van der Waals surface area contributed by atoms with E-state index in [1.54, 1.807) is 0 Å². The molecule has 1 saturated heterocycles. The SMILES string of the molecule is CCN=C(NC1C2CCOC2C1(C)C)N(C)Cc1cnn(C)c1. The molecule has 1 aliphatic carbocycles. The van der Waals surface area contributed by atoms with Crippen molar-refractivity contribution in [2.45, 2.75) is 45.9 Å². The molecule has 0 aromatic carbocycles. The molecule has 1 aromatic heterocycles. The molecule has 6 heteroatoms. The van der Waals surface area contributed by atoms with Crippen LogP contribution in [-0.4, -0.2) is 53.0 Å². The molecule has 0 amide bonds. The Morgan fingerprint density at radius 2 is 2.35 bits per heavy atom.